The summed E-state index contributed by atoms with van der Waals surface area (Å²) in [6, 6.07) is 71.0. The molecule has 8 aromatic carbocycles. The van der Waals surface area contributed by atoms with Crippen LogP contribution in [0.2, 0.25) is 5.02 Å². The zero-order valence-corrected chi connectivity index (χ0v) is 79.6. The van der Waals surface area contributed by atoms with Gasteiger partial charge in [-0.25, -0.2) is 27.5 Å². The van der Waals surface area contributed by atoms with Gasteiger partial charge in [0.25, 0.3) is 0 Å². The molecule has 137 heavy (non-hydrogen) atoms. The van der Waals surface area contributed by atoms with Crippen LogP contribution in [0.1, 0.15) is 137 Å². The third kappa shape index (κ3) is 22.1. The number of aromatic nitrogens is 12. The van der Waals surface area contributed by atoms with Gasteiger partial charge in [-0.15, -0.1) is 0 Å². The van der Waals surface area contributed by atoms with Crippen molar-refractivity contribution in [1.29, 1.82) is 0 Å². The number of carboxylic acid groups (broad SMARTS) is 1. The molecule has 0 spiro atoms. The van der Waals surface area contributed by atoms with Gasteiger partial charge in [-0.2, -0.15) is 20.4 Å². The van der Waals surface area contributed by atoms with Gasteiger partial charge in [0.1, 0.15) is 35.0 Å². The van der Waals surface area contributed by atoms with Crippen molar-refractivity contribution in [1.82, 2.24) is 78.7 Å². The van der Waals surface area contributed by atoms with Gasteiger partial charge < -0.3 is 29.4 Å². The van der Waals surface area contributed by atoms with Crippen molar-refractivity contribution in [3.8, 4) is 28.5 Å². The normalized spacial score (nSPS) is 15.7. The van der Waals surface area contributed by atoms with Gasteiger partial charge in [0.2, 0.25) is 0 Å². The topological polar surface area (TPSA) is 229 Å². The molecule has 28 heteroatoms. The SMILES string of the molecule is CC(=O)C(c1ccn(-c2cccc(F)c2)n1)N1CCCN(c2cc(C(C)C)cc3cccnc23)CC1.CC(C)c1cc(N2CCCN(Cc3nn(-c4ccccc4)cc3F)CC2)c2ncccc2c1.COc1c(C)cc2cccnc2c1N1CCCN(C(C(C)=O)c2ccn(-c3ccccc3)n2)CC1.O=C(O)C(c1ccn(-c2ccccc2)n1)N1CCCN(c2c(Cl)ccc3cccnc23)CC1. The molecule has 0 aliphatic carbocycles. The van der Waals surface area contributed by atoms with E-state index >= 15 is 0 Å². The van der Waals surface area contributed by atoms with Crippen LogP contribution in [0, 0.1) is 18.6 Å². The fraction of sp³-hybridized carbons (Fsp3) is 0.312. The van der Waals surface area contributed by atoms with Gasteiger partial charge >= 0.3 is 5.97 Å². The first-order chi connectivity index (χ1) is 66.7. The van der Waals surface area contributed by atoms with E-state index in [1.165, 1.54) is 40.5 Å². The summed E-state index contributed by atoms with van der Waals surface area (Å²) in [7, 11) is 1.72. The lowest BCUT2D eigenvalue weighted by atomic mass is 9.99. The van der Waals surface area contributed by atoms with Crippen LogP contribution in [0.5, 0.6) is 5.75 Å². The fourth-order valence-corrected chi connectivity index (χ4v) is 19.6. The number of aryl methyl sites for hydroxylation is 1. The number of carbonyl (C=O) groups is 3. The number of Topliss-reactive ketones (excluding diaryl/α,β-unsaturated/α-hetero) is 2. The lowest BCUT2D eigenvalue weighted by Crippen LogP contribution is -2.37. The maximum absolute atomic E-state index is 14.7. The van der Waals surface area contributed by atoms with Gasteiger partial charge in [0, 0.05) is 176 Å². The predicted octanol–water partition coefficient (Wildman–Crippen LogP) is 19.9. The lowest BCUT2D eigenvalue weighted by Gasteiger charge is -2.29. The van der Waals surface area contributed by atoms with E-state index in [1.54, 1.807) is 65.6 Å². The van der Waals surface area contributed by atoms with E-state index in [0.717, 1.165) is 200 Å². The molecule has 3 atom stereocenters. The van der Waals surface area contributed by atoms with Crippen LogP contribution in [0.25, 0.3) is 66.4 Å². The summed E-state index contributed by atoms with van der Waals surface area (Å²) in [6.07, 6.45) is 18.0. The first-order valence-electron chi connectivity index (χ1n) is 47.4. The van der Waals surface area contributed by atoms with Crippen LogP contribution in [0.15, 0.2) is 274 Å². The zero-order valence-electron chi connectivity index (χ0n) is 78.9. The molecule has 3 unspecified atom stereocenters. The number of carboxylic acids is 1. The number of anilines is 4. The summed E-state index contributed by atoms with van der Waals surface area (Å²) in [5.74, 6) is 0.454. The van der Waals surface area contributed by atoms with E-state index in [9.17, 15) is 28.3 Å². The maximum Gasteiger partial charge on any atom is 0.327 e. The highest BCUT2D eigenvalue weighted by molar-refractivity contribution is 6.34. The van der Waals surface area contributed by atoms with E-state index in [-0.39, 0.29) is 29.2 Å². The van der Waals surface area contributed by atoms with E-state index in [4.69, 9.17) is 36.4 Å². The fourth-order valence-electron chi connectivity index (χ4n) is 19.3. The molecule has 704 valence electrons. The smallest absolute Gasteiger partial charge is 0.327 e. The van der Waals surface area contributed by atoms with Gasteiger partial charge in [-0.05, 0) is 208 Å². The molecule has 1 N–H and O–H groups in total. The molecular weight excluding hydrogens is 1740 g/mol. The Morgan fingerprint density at radius 1 is 0.401 bits per heavy atom. The molecule has 20 rings (SSSR count). The molecule has 4 fully saturated rings. The largest absolute Gasteiger partial charge is 0.494 e. The van der Waals surface area contributed by atoms with Crippen molar-refractivity contribution in [2.75, 3.05) is 131 Å². The number of aliphatic carboxylic acids is 1. The van der Waals surface area contributed by atoms with Crippen LogP contribution >= 0.6 is 11.6 Å². The van der Waals surface area contributed by atoms with E-state index in [0.29, 0.717) is 65.8 Å². The Balaban J connectivity index is 0.000000127. The van der Waals surface area contributed by atoms with Crippen molar-refractivity contribution in [3.05, 3.63) is 330 Å². The van der Waals surface area contributed by atoms with Gasteiger partial charge in [0.05, 0.1) is 97.3 Å². The number of ketones is 2. The number of fused-ring (bicyclic) bond motifs is 4. The minimum Gasteiger partial charge on any atom is -0.494 e. The van der Waals surface area contributed by atoms with Crippen LogP contribution in [-0.4, -0.2) is 213 Å². The van der Waals surface area contributed by atoms with Gasteiger partial charge in [-0.3, -0.25) is 53.9 Å². The maximum atomic E-state index is 14.7. The Kier molecular flexibility index (Phi) is 30.3. The summed E-state index contributed by atoms with van der Waals surface area (Å²) < 4.78 is 41.0. The highest BCUT2D eigenvalue weighted by Gasteiger charge is 2.36. The summed E-state index contributed by atoms with van der Waals surface area (Å²) in [5, 5.41) is 33.8. The van der Waals surface area contributed by atoms with Crippen molar-refractivity contribution >= 4 is 95.5 Å². The predicted molar refractivity (Wildman–Crippen MR) is 540 cm³/mol. The minimum atomic E-state index is -0.897. The number of benzene rings is 8. The Labute approximate surface area is 803 Å². The molecule has 12 heterocycles. The number of pyridine rings is 4. The third-order valence-corrected chi connectivity index (χ3v) is 26.5. The molecule has 16 aromatic rings. The Morgan fingerprint density at radius 2 is 0.818 bits per heavy atom. The quantitative estimate of drug-likeness (QED) is 0.0665. The molecule has 0 bridgehead atoms. The number of carbonyl (C=O) groups excluding carboxylic acids is 2. The number of hydrogen-bond acceptors (Lipinski definition) is 20. The second kappa shape index (κ2) is 43.8. The highest BCUT2D eigenvalue weighted by atomic mass is 35.5. The number of methoxy groups -OCH3 is 1. The van der Waals surface area contributed by atoms with Crippen molar-refractivity contribution < 1.29 is 33.0 Å². The summed E-state index contributed by atoms with van der Waals surface area (Å²) >= 11 is 6.59. The van der Waals surface area contributed by atoms with Crippen LogP contribution < -0.4 is 24.3 Å². The average Bonchev–Trinajstić information content (AvgIpc) is 1.55. The monoisotopic (exact) mass is 1860 g/mol. The van der Waals surface area contributed by atoms with Gasteiger partial charge in [-0.1, -0.05) is 130 Å². The zero-order chi connectivity index (χ0) is 95.2. The highest BCUT2D eigenvalue weighted by Crippen LogP contribution is 2.42. The van der Waals surface area contributed by atoms with Gasteiger partial charge in [0.15, 0.2) is 23.4 Å². The second-order valence-electron chi connectivity index (χ2n) is 36.1. The van der Waals surface area contributed by atoms with E-state index in [1.807, 2.05) is 186 Å². The molecule has 0 saturated carbocycles. The standard InChI is InChI=1S/C29H32FN5O.C28H31N5O2.C27H30FN5.C25H24ClN5O2/c1-20(2)23-17-22-7-5-11-31-28(22)27(18-23)33-12-6-13-34(16-15-33)29(21(3)36)26-10-14-35(32-26)25-9-4-8-24(30)19-25;1-20-19-22-9-7-13-29-25(22)27(28(20)35-3)32-15-8-14-31(17-18-32)26(21(2)34)24-12-16-33(30-24)23-10-5-4-6-11-23;1-20(2)22-16-21-8-6-11-29-27(21)26(17-22)32-13-7-12-31(14-15-32)19-25-24(28)18-33(30-25)23-9-4-3-5-10-23;26-20-10-9-18-6-4-12-27-22(18)23(20)29-13-5-14-30(17-16-29)24(25(32)33)21-11-15-31(28-21)19-7-2-1-3-8-19/h4-5,7-11,14,17-20,29H,6,12-13,15-16H2,1-3H3;4-7,9-13,16,19,26H,8,14-15,17-18H2,1-3H3;3-6,8-11,16-18,20H,7,12-15,19H2,1-2H3;1-4,6-12,15,24H,5,13-14,16-17H2,(H,32,33). The lowest BCUT2D eigenvalue weighted by molar-refractivity contribution is -0.143. The van der Waals surface area contributed by atoms with Crippen LogP contribution in [0.3, 0.4) is 0 Å². The molecule has 0 amide bonds. The average molecular weight is 1860 g/mol. The minimum absolute atomic E-state index is 0.0573. The van der Waals surface area contributed by atoms with E-state index < -0.39 is 18.1 Å². The van der Waals surface area contributed by atoms with E-state index in [2.05, 4.69) is 138 Å². The Morgan fingerprint density at radius 3 is 1.30 bits per heavy atom. The number of para-hydroxylation sites is 3. The molecule has 25 nitrogen and oxygen atoms in total. The molecule has 4 aliphatic rings. The van der Waals surface area contributed by atoms with Crippen molar-refractivity contribution in [3.63, 3.8) is 0 Å². The first kappa shape index (κ1) is 94.8. The summed E-state index contributed by atoms with van der Waals surface area (Å²) in [6.45, 7) is 27.5. The van der Waals surface area contributed by atoms with Crippen molar-refractivity contribution in [2.24, 2.45) is 0 Å². The molecule has 4 saturated heterocycles. The van der Waals surface area contributed by atoms with Crippen LogP contribution in [0.4, 0.5) is 31.5 Å². The summed E-state index contributed by atoms with van der Waals surface area (Å²) in [4.78, 5) is 74.9. The number of rotatable bonds is 22. The third-order valence-electron chi connectivity index (χ3n) is 26.2. The number of ether oxygens (including phenoxy) is 1. The number of nitrogens with zero attached hydrogens (tertiary/aromatic N) is 20. The second-order valence-corrected chi connectivity index (χ2v) is 36.5. The molecule has 8 aromatic heterocycles. The molecular formula is C109H117ClF2N20O5. The number of halogens is 3. The van der Waals surface area contributed by atoms with Crippen molar-refractivity contribution in [2.45, 2.75) is 111 Å². The molecule has 4 aliphatic heterocycles. The summed E-state index contributed by atoms with van der Waals surface area (Å²) in [5.41, 5.74) is 17.8. The van der Waals surface area contributed by atoms with Crippen LogP contribution in [-0.2, 0) is 20.9 Å². The Hall–Kier alpha value is -14.0. The Bertz CT molecular complexity index is 6860. The molecule has 0 radical (unpaired) electrons. The first-order valence-corrected chi connectivity index (χ1v) is 47.8. The number of hydrogen-bond donors (Lipinski definition) is 1.